The molecule has 0 aliphatic rings. The summed E-state index contributed by atoms with van der Waals surface area (Å²) in [6, 6.07) is 1.36. The summed E-state index contributed by atoms with van der Waals surface area (Å²) in [6.07, 6.45) is -4.56. The van der Waals surface area contributed by atoms with Crippen molar-refractivity contribution in [1.29, 1.82) is 0 Å². The number of hydrogen-bond acceptors (Lipinski definition) is 4. The summed E-state index contributed by atoms with van der Waals surface area (Å²) in [4.78, 5) is 11.3. The fourth-order valence-electron chi connectivity index (χ4n) is 1.28. The number of benzene rings is 1. The van der Waals surface area contributed by atoms with E-state index in [0.29, 0.717) is 12.1 Å². The molecule has 2 N–H and O–H groups in total. The van der Waals surface area contributed by atoms with Crippen molar-refractivity contribution in [1.82, 2.24) is 0 Å². The average Bonchev–Trinajstić information content (AvgIpc) is 2.25. The van der Waals surface area contributed by atoms with Gasteiger partial charge in [0, 0.05) is 0 Å². The Hall–Kier alpha value is -1.92. The molecule has 0 radical (unpaired) electrons. The zero-order valence-electron chi connectivity index (χ0n) is 9.09. The normalized spacial score (nSPS) is 11.1. The smallest absolute Gasteiger partial charge is 0.416 e. The topological polar surface area (TPSA) is 61.5 Å². The number of methoxy groups -OCH3 is 2. The zero-order valence-corrected chi connectivity index (χ0v) is 9.09. The van der Waals surface area contributed by atoms with Gasteiger partial charge in [0.1, 0.15) is 11.3 Å². The third kappa shape index (κ3) is 2.61. The third-order valence-electron chi connectivity index (χ3n) is 2.07. The molecule has 0 bridgehead atoms. The third-order valence-corrected chi connectivity index (χ3v) is 2.07. The summed E-state index contributed by atoms with van der Waals surface area (Å²) in [5, 5.41) is 0. The van der Waals surface area contributed by atoms with Gasteiger partial charge in [-0.05, 0) is 12.1 Å². The van der Waals surface area contributed by atoms with Crippen LogP contribution in [0.2, 0.25) is 0 Å². The Morgan fingerprint density at radius 3 is 2.29 bits per heavy atom. The number of carbonyl (C=O) groups is 1. The molecule has 0 aliphatic heterocycles. The molecule has 0 saturated carbocycles. The SMILES string of the molecule is COC(=O)c1c(N)cc(C(F)(F)F)cc1OC. The van der Waals surface area contributed by atoms with E-state index in [1.165, 1.54) is 0 Å². The van der Waals surface area contributed by atoms with Crippen LogP contribution in [0, 0.1) is 0 Å². The van der Waals surface area contributed by atoms with Gasteiger partial charge in [-0.15, -0.1) is 0 Å². The fraction of sp³-hybridized carbons (Fsp3) is 0.300. The first kappa shape index (κ1) is 13.1. The van der Waals surface area contributed by atoms with Gasteiger partial charge in [-0.3, -0.25) is 0 Å². The highest BCUT2D eigenvalue weighted by atomic mass is 19.4. The largest absolute Gasteiger partial charge is 0.496 e. The quantitative estimate of drug-likeness (QED) is 0.644. The molecule has 7 heteroatoms. The van der Waals surface area contributed by atoms with E-state index in [1.807, 2.05) is 0 Å². The molecule has 0 unspecified atom stereocenters. The Morgan fingerprint density at radius 1 is 1.29 bits per heavy atom. The standard InChI is InChI=1S/C10H10F3NO3/c1-16-7-4-5(10(11,12)13)3-6(14)8(7)9(15)17-2/h3-4H,14H2,1-2H3. The minimum absolute atomic E-state index is 0.219. The van der Waals surface area contributed by atoms with Crippen molar-refractivity contribution in [2.24, 2.45) is 0 Å². The molecule has 0 spiro atoms. The van der Waals surface area contributed by atoms with E-state index in [2.05, 4.69) is 4.74 Å². The lowest BCUT2D eigenvalue weighted by molar-refractivity contribution is -0.137. The second-order valence-corrected chi connectivity index (χ2v) is 3.13. The maximum Gasteiger partial charge on any atom is 0.416 e. The molecule has 4 nitrogen and oxygen atoms in total. The number of rotatable bonds is 2. The van der Waals surface area contributed by atoms with E-state index in [0.717, 1.165) is 14.2 Å². The van der Waals surface area contributed by atoms with Crippen molar-refractivity contribution < 1.29 is 27.4 Å². The fourth-order valence-corrected chi connectivity index (χ4v) is 1.28. The van der Waals surface area contributed by atoms with Crippen molar-refractivity contribution in [2.75, 3.05) is 20.0 Å². The van der Waals surface area contributed by atoms with Crippen LogP contribution in [0.1, 0.15) is 15.9 Å². The van der Waals surface area contributed by atoms with Crippen LogP contribution in [0.5, 0.6) is 5.75 Å². The number of esters is 1. The van der Waals surface area contributed by atoms with E-state index in [9.17, 15) is 18.0 Å². The zero-order chi connectivity index (χ0) is 13.2. The van der Waals surface area contributed by atoms with Gasteiger partial charge in [0.25, 0.3) is 0 Å². The lowest BCUT2D eigenvalue weighted by atomic mass is 10.1. The van der Waals surface area contributed by atoms with Crippen molar-refractivity contribution in [3.8, 4) is 5.75 Å². The molecule has 0 heterocycles. The summed E-state index contributed by atoms with van der Waals surface area (Å²) in [6.45, 7) is 0. The second kappa shape index (κ2) is 4.52. The van der Waals surface area contributed by atoms with Crippen LogP contribution in [0.4, 0.5) is 18.9 Å². The Balaban J connectivity index is 3.41. The number of nitrogen functional groups attached to an aromatic ring is 1. The van der Waals surface area contributed by atoms with Gasteiger partial charge in [0.05, 0.1) is 25.5 Å². The minimum atomic E-state index is -4.56. The minimum Gasteiger partial charge on any atom is -0.496 e. The molecule has 0 saturated heterocycles. The van der Waals surface area contributed by atoms with Crippen LogP contribution in [0.25, 0.3) is 0 Å². The highest BCUT2D eigenvalue weighted by Gasteiger charge is 2.33. The molecule has 0 amide bonds. The summed E-state index contributed by atoms with van der Waals surface area (Å²) in [7, 11) is 2.24. The van der Waals surface area contributed by atoms with Gasteiger partial charge in [-0.1, -0.05) is 0 Å². The van der Waals surface area contributed by atoms with Crippen LogP contribution in [0.3, 0.4) is 0 Å². The molecule has 0 aliphatic carbocycles. The predicted octanol–water partition coefficient (Wildman–Crippen LogP) is 2.08. The number of anilines is 1. The molecular formula is C10H10F3NO3. The maximum atomic E-state index is 12.5. The van der Waals surface area contributed by atoms with E-state index < -0.39 is 17.7 Å². The van der Waals surface area contributed by atoms with Crippen LogP contribution < -0.4 is 10.5 Å². The molecule has 94 valence electrons. The highest BCUT2D eigenvalue weighted by Crippen LogP contribution is 2.36. The summed E-state index contributed by atoms with van der Waals surface area (Å²) in [5.74, 6) is -1.13. The number of nitrogens with two attached hydrogens (primary N) is 1. The average molecular weight is 249 g/mol. The molecule has 0 aromatic heterocycles. The lowest BCUT2D eigenvalue weighted by Gasteiger charge is -2.13. The first-order valence-electron chi connectivity index (χ1n) is 4.44. The van der Waals surface area contributed by atoms with Crippen molar-refractivity contribution >= 4 is 11.7 Å². The number of carbonyl (C=O) groups excluding carboxylic acids is 1. The highest BCUT2D eigenvalue weighted by molar-refractivity contribution is 5.98. The van der Waals surface area contributed by atoms with Gasteiger partial charge in [0.15, 0.2) is 0 Å². The number of alkyl halides is 3. The van der Waals surface area contributed by atoms with Gasteiger partial charge >= 0.3 is 12.1 Å². The Bertz CT molecular complexity index is 443. The van der Waals surface area contributed by atoms with Crippen molar-refractivity contribution in [3.63, 3.8) is 0 Å². The van der Waals surface area contributed by atoms with Crippen molar-refractivity contribution in [2.45, 2.75) is 6.18 Å². The Morgan fingerprint density at radius 2 is 1.88 bits per heavy atom. The van der Waals surface area contributed by atoms with Gasteiger partial charge in [-0.2, -0.15) is 13.2 Å². The summed E-state index contributed by atoms with van der Waals surface area (Å²) in [5.41, 5.74) is 3.84. The molecule has 1 aromatic carbocycles. The number of hydrogen-bond donors (Lipinski definition) is 1. The molecule has 0 fully saturated rings. The number of halogens is 3. The maximum absolute atomic E-state index is 12.5. The molecule has 17 heavy (non-hydrogen) atoms. The molecule has 1 rings (SSSR count). The lowest BCUT2D eigenvalue weighted by Crippen LogP contribution is -2.12. The van der Waals surface area contributed by atoms with Gasteiger partial charge < -0.3 is 15.2 Å². The second-order valence-electron chi connectivity index (χ2n) is 3.13. The Kier molecular flexibility index (Phi) is 3.50. The van der Waals surface area contributed by atoms with Crippen LogP contribution in [-0.4, -0.2) is 20.2 Å². The van der Waals surface area contributed by atoms with Gasteiger partial charge in [-0.25, -0.2) is 4.79 Å². The number of ether oxygens (including phenoxy) is 2. The van der Waals surface area contributed by atoms with E-state index in [-0.39, 0.29) is 17.0 Å². The van der Waals surface area contributed by atoms with Gasteiger partial charge in [0.2, 0.25) is 0 Å². The molecular weight excluding hydrogens is 239 g/mol. The van der Waals surface area contributed by atoms with E-state index in [1.54, 1.807) is 0 Å². The van der Waals surface area contributed by atoms with E-state index >= 15 is 0 Å². The van der Waals surface area contributed by atoms with Crippen LogP contribution in [0.15, 0.2) is 12.1 Å². The molecule has 1 aromatic rings. The summed E-state index contributed by atoms with van der Waals surface area (Å²) < 4.78 is 46.5. The predicted molar refractivity (Wildman–Crippen MR) is 53.7 cm³/mol. The first-order chi connectivity index (χ1) is 7.81. The monoisotopic (exact) mass is 249 g/mol. The van der Waals surface area contributed by atoms with E-state index in [4.69, 9.17) is 10.5 Å². The summed E-state index contributed by atoms with van der Waals surface area (Å²) >= 11 is 0. The van der Waals surface area contributed by atoms with Crippen molar-refractivity contribution in [3.05, 3.63) is 23.3 Å². The van der Waals surface area contributed by atoms with Crippen LogP contribution in [-0.2, 0) is 10.9 Å². The molecule has 0 atom stereocenters. The first-order valence-corrected chi connectivity index (χ1v) is 4.44. The van der Waals surface area contributed by atoms with Crippen LogP contribution >= 0.6 is 0 Å². The Labute approximate surface area is 95.1 Å².